The summed E-state index contributed by atoms with van der Waals surface area (Å²) in [6.45, 7) is 5.31. The van der Waals surface area contributed by atoms with Crippen LogP contribution in [0.4, 0.5) is 27.3 Å². The molecule has 10 rings (SSSR count). The van der Waals surface area contributed by atoms with Gasteiger partial charge in [0.2, 0.25) is 11.8 Å². The maximum absolute atomic E-state index is 15.4. The number of nitrogens with one attached hydrogen (secondary N) is 3. The van der Waals surface area contributed by atoms with Gasteiger partial charge in [-0.15, -0.1) is 0 Å². The fraction of sp³-hybridized carbons (Fsp3) is 0.346. The van der Waals surface area contributed by atoms with E-state index in [2.05, 4.69) is 30.7 Å². The summed E-state index contributed by atoms with van der Waals surface area (Å²) in [5, 5.41) is 20.4. The van der Waals surface area contributed by atoms with Gasteiger partial charge < -0.3 is 30.1 Å². The molecule has 68 heavy (non-hydrogen) atoms. The minimum absolute atomic E-state index is 0.00693. The number of unbranched alkanes of at least 4 members (excludes halogenated alkanes) is 2. The van der Waals surface area contributed by atoms with E-state index in [0.29, 0.717) is 63.7 Å². The van der Waals surface area contributed by atoms with E-state index in [1.54, 1.807) is 54.7 Å². The average molecular weight is 920 g/mol. The molecule has 3 amide bonds. The van der Waals surface area contributed by atoms with Gasteiger partial charge in [0.25, 0.3) is 17.0 Å². The molecular weight excluding hydrogens is 866 g/mol. The number of pyridine rings is 3. The molecule has 3 aliphatic heterocycles. The van der Waals surface area contributed by atoms with Gasteiger partial charge in [-0.05, 0) is 110 Å². The van der Waals surface area contributed by atoms with Crippen LogP contribution in [0.1, 0.15) is 77.9 Å². The van der Waals surface area contributed by atoms with E-state index in [4.69, 9.17) is 0 Å². The highest BCUT2D eigenvalue weighted by molar-refractivity contribution is 6.06. The molecule has 3 aromatic heterocycles. The molecule has 0 radical (unpaired) electrons. The van der Waals surface area contributed by atoms with Crippen LogP contribution < -0.4 is 32.0 Å². The zero-order valence-corrected chi connectivity index (χ0v) is 38.0. The topological polar surface area (TPSA) is 174 Å². The third-order valence-corrected chi connectivity index (χ3v) is 13.9. The van der Waals surface area contributed by atoms with Gasteiger partial charge in [0.05, 0.1) is 29.6 Å². The fourth-order valence-electron chi connectivity index (χ4n) is 10.0. The molecule has 6 aromatic rings. The second kappa shape index (κ2) is 18.8. The minimum atomic E-state index is -0.633. The molecule has 1 saturated carbocycles. The monoisotopic (exact) mass is 919 g/mol. The molecule has 4 N–H and O–H groups in total. The summed E-state index contributed by atoms with van der Waals surface area (Å²) >= 11 is 0. The van der Waals surface area contributed by atoms with Gasteiger partial charge in [-0.25, -0.2) is 9.37 Å². The number of hydrogen-bond acceptors (Lipinski definition) is 11. The first-order valence-electron chi connectivity index (χ1n) is 23.5. The molecule has 1 atom stereocenters. The Morgan fingerprint density at radius 3 is 2.43 bits per heavy atom. The lowest BCUT2D eigenvalue weighted by atomic mass is 9.98. The van der Waals surface area contributed by atoms with E-state index in [-0.39, 0.29) is 29.2 Å². The number of benzene rings is 3. The van der Waals surface area contributed by atoms with Gasteiger partial charge in [0.15, 0.2) is 0 Å². The van der Waals surface area contributed by atoms with E-state index < -0.39 is 29.9 Å². The Morgan fingerprint density at radius 2 is 1.66 bits per heavy atom. The standard InChI is InChI=1S/C52H54FN9O6/c1-58-29-35(37-7-6-10-44(40(37)31-63)61-20-17-33-25-34(32-11-12-32)26-41(53)48(33)52(61)68)27-43(51(58)67)56-46-15-13-36(28-55-46)60-23-21-59(22-24-60)19-4-2-3-18-54-42-9-5-8-38-39(42)30-62(50(38)66)45-14-16-47(64)57-49(45)65/h5-10,13,15,17,20,25-29,32,45,54,63H,2-4,11-12,14,16,18-19,21-24,30-31H2,1H3,(H,55,56)(H,57,64,65). The lowest BCUT2D eigenvalue weighted by Crippen LogP contribution is -2.52. The summed E-state index contributed by atoms with van der Waals surface area (Å²) in [6.07, 6.45) is 10.8. The number of nitrogens with zero attached hydrogens (tertiary/aromatic N) is 6. The highest BCUT2D eigenvalue weighted by Gasteiger charge is 2.40. The first kappa shape index (κ1) is 44.7. The Morgan fingerprint density at radius 1 is 0.853 bits per heavy atom. The van der Waals surface area contributed by atoms with Gasteiger partial charge in [0.1, 0.15) is 23.4 Å². The number of aromatic nitrogens is 3. The highest BCUT2D eigenvalue weighted by Crippen LogP contribution is 2.41. The normalized spacial score (nSPS) is 17.5. The molecule has 16 heteroatoms. The maximum Gasteiger partial charge on any atom is 0.274 e. The number of piperazine rings is 1. The number of anilines is 4. The van der Waals surface area contributed by atoms with Crippen LogP contribution in [-0.4, -0.2) is 92.1 Å². The van der Waals surface area contributed by atoms with E-state index >= 15 is 4.39 Å². The Balaban J connectivity index is 0.718. The molecule has 3 aromatic carbocycles. The summed E-state index contributed by atoms with van der Waals surface area (Å²) in [7, 11) is 1.66. The Bertz CT molecular complexity index is 3070. The van der Waals surface area contributed by atoms with Crippen molar-refractivity contribution in [3.63, 3.8) is 0 Å². The number of carbonyl (C=O) groups is 3. The summed E-state index contributed by atoms with van der Waals surface area (Å²) in [5.41, 5.74) is 5.97. The van der Waals surface area contributed by atoms with Gasteiger partial charge in [-0.3, -0.25) is 38.8 Å². The van der Waals surface area contributed by atoms with E-state index in [0.717, 1.165) is 93.9 Å². The number of hydrogen-bond donors (Lipinski definition) is 4. The van der Waals surface area contributed by atoms with Crippen molar-refractivity contribution in [3.8, 4) is 16.8 Å². The zero-order valence-electron chi connectivity index (χ0n) is 38.0. The number of fused-ring (bicyclic) bond motifs is 2. The van der Waals surface area contributed by atoms with Gasteiger partial charge in [-0.2, -0.15) is 0 Å². The third kappa shape index (κ3) is 8.88. The van der Waals surface area contributed by atoms with Crippen molar-refractivity contribution in [3.05, 3.63) is 140 Å². The summed E-state index contributed by atoms with van der Waals surface area (Å²) < 4.78 is 18.2. The Hall–Kier alpha value is -7.17. The predicted molar refractivity (Wildman–Crippen MR) is 259 cm³/mol. The van der Waals surface area contributed by atoms with E-state index in [1.165, 1.54) is 15.2 Å². The minimum Gasteiger partial charge on any atom is -0.392 e. The number of piperidine rings is 1. The number of rotatable bonds is 15. The lowest BCUT2D eigenvalue weighted by Gasteiger charge is -2.36. The largest absolute Gasteiger partial charge is 0.392 e. The summed E-state index contributed by atoms with van der Waals surface area (Å²) in [6, 6.07) is 21.0. The van der Waals surface area contributed by atoms with Crippen molar-refractivity contribution in [2.75, 3.05) is 54.8 Å². The molecule has 0 spiro atoms. The smallest absolute Gasteiger partial charge is 0.274 e. The summed E-state index contributed by atoms with van der Waals surface area (Å²) in [5.74, 6) is -0.581. The molecule has 3 fully saturated rings. The van der Waals surface area contributed by atoms with E-state index in [9.17, 15) is 29.1 Å². The predicted octanol–water partition coefficient (Wildman–Crippen LogP) is 6.17. The molecule has 15 nitrogen and oxygen atoms in total. The number of imide groups is 1. The number of aryl methyl sites for hydroxylation is 1. The van der Waals surface area contributed by atoms with Crippen LogP contribution in [-0.2, 0) is 29.8 Å². The van der Waals surface area contributed by atoms with Crippen LogP contribution in [0.5, 0.6) is 0 Å². The number of carbonyl (C=O) groups excluding carboxylic acids is 3. The molecule has 0 bridgehead atoms. The van der Waals surface area contributed by atoms with Crippen molar-refractivity contribution in [2.45, 2.75) is 70.1 Å². The van der Waals surface area contributed by atoms with Crippen LogP contribution in [0, 0.1) is 5.82 Å². The maximum atomic E-state index is 15.4. The van der Waals surface area contributed by atoms with Gasteiger partial charge >= 0.3 is 0 Å². The fourth-order valence-corrected chi connectivity index (χ4v) is 10.0. The molecule has 1 unspecified atom stereocenters. The van der Waals surface area contributed by atoms with Crippen molar-refractivity contribution in [2.24, 2.45) is 7.05 Å². The quantitative estimate of drug-likeness (QED) is 0.0686. The molecule has 6 heterocycles. The van der Waals surface area contributed by atoms with E-state index in [1.807, 2.05) is 42.6 Å². The highest BCUT2D eigenvalue weighted by atomic mass is 19.1. The van der Waals surface area contributed by atoms with Crippen LogP contribution >= 0.6 is 0 Å². The van der Waals surface area contributed by atoms with Crippen LogP contribution in [0.15, 0.2) is 101 Å². The van der Waals surface area contributed by atoms with Crippen LogP contribution in [0.2, 0.25) is 0 Å². The van der Waals surface area contributed by atoms with Crippen molar-refractivity contribution < 1.29 is 23.9 Å². The molecular formula is C52H54FN9O6. The van der Waals surface area contributed by atoms with Gasteiger partial charge in [0, 0.05) is 93.1 Å². The summed E-state index contributed by atoms with van der Waals surface area (Å²) in [4.78, 5) is 75.5. The first-order chi connectivity index (χ1) is 33.0. The molecule has 2 saturated heterocycles. The molecule has 350 valence electrons. The average Bonchev–Trinajstić information content (AvgIpc) is 4.15. The number of amides is 3. The first-order valence-corrected chi connectivity index (χ1v) is 23.5. The number of halogens is 1. The third-order valence-electron chi connectivity index (χ3n) is 13.9. The van der Waals surface area contributed by atoms with Gasteiger partial charge in [-0.1, -0.05) is 30.7 Å². The molecule has 4 aliphatic rings. The lowest BCUT2D eigenvalue weighted by molar-refractivity contribution is -0.136. The van der Waals surface area contributed by atoms with Crippen molar-refractivity contribution >= 4 is 51.4 Å². The van der Waals surface area contributed by atoms with Crippen LogP contribution in [0.3, 0.4) is 0 Å². The van der Waals surface area contributed by atoms with Crippen molar-refractivity contribution in [1.82, 2.24) is 29.2 Å². The second-order valence-corrected chi connectivity index (χ2v) is 18.3. The second-order valence-electron chi connectivity index (χ2n) is 18.3. The Labute approximate surface area is 392 Å². The van der Waals surface area contributed by atoms with Crippen LogP contribution in [0.25, 0.3) is 27.6 Å². The zero-order chi connectivity index (χ0) is 47.1. The number of aliphatic hydroxyl groups excluding tert-OH is 1. The van der Waals surface area contributed by atoms with Crippen molar-refractivity contribution in [1.29, 1.82) is 0 Å². The number of aliphatic hydroxyl groups is 1. The SMILES string of the molecule is Cn1cc(-c2cccc(-n3ccc4cc(C5CC5)cc(F)c4c3=O)c2CO)cc(Nc2ccc(N3CCN(CCCCCNc4cccc5c4CN(C4CCC(=O)NC4=O)C5=O)CC3)cn2)c1=O. The molecule has 1 aliphatic carbocycles. The Kier molecular flexibility index (Phi) is 12.4.